The SMILES string of the molecule is CC(C)C1=CC(N)NC(C(F)(F)F)=C1. The van der Waals surface area contributed by atoms with Crippen LogP contribution in [0.3, 0.4) is 0 Å². The van der Waals surface area contributed by atoms with Gasteiger partial charge in [-0.1, -0.05) is 13.8 Å². The van der Waals surface area contributed by atoms with Crippen LogP contribution in [0.25, 0.3) is 0 Å². The first-order valence-corrected chi connectivity index (χ1v) is 4.33. The summed E-state index contributed by atoms with van der Waals surface area (Å²) < 4.78 is 37.0. The Morgan fingerprint density at radius 3 is 2.43 bits per heavy atom. The number of halogens is 3. The van der Waals surface area contributed by atoms with Gasteiger partial charge in [0.1, 0.15) is 5.70 Å². The molecule has 1 aliphatic heterocycles. The molecule has 1 unspecified atom stereocenters. The standard InChI is InChI=1S/C9H13F3N2/c1-5(2)6-3-7(9(10,11)12)14-8(13)4-6/h3-5,8,14H,13H2,1-2H3. The van der Waals surface area contributed by atoms with Gasteiger partial charge in [0, 0.05) is 0 Å². The molecule has 0 aromatic heterocycles. The van der Waals surface area contributed by atoms with Crippen molar-refractivity contribution in [3.05, 3.63) is 23.4 Å². The predicted molar refractivity (Wildman–Crippen MR) is 48.2 cm³/mol. The third-order valence-corrected chi connectivity index (χ3v) is 1.98. The van der Waals surface area contributed by atoms with Crippen LogP contribution in [0, 0.1) is 5.92 Å². The number of dihydropyridines is 1. The molecule has 14 heavy (non-hydrogen) atoms. The molecule has 0 saturated carbocycles. The number of hydrogen-bond acceptors (Lipinski definition) is 2. The molecular formula is C9H13F3N2. The molecule has 0 aromatic carbocycles. The molecule has 5 heteroatoms. The van der Waals surface area contributed by atoms with Crippen molar-refractivity contribution in [2.75, 3.05) is 0 Å². The Kier molecular flexibility index (Phi) is 2.89. The highest BCUT2D eigenvalue weighted by Gasteiger charge is 2.36. The molecule has 80 valence electrons. The molecule has 3 N–H and O–H groups in total. The third kappa shape index (κ3) is 2.51. The van der Waals surface area contributed by atoms with Crippen LogP contribution in [-0.2, 0) is 0 Å². The van der Waals surface area contributed by atoms with Crippen molar-refractivity contribution in [1.29, 1.82) is 0 Å². The monoisotopic (exact) mass is 206 g/mol. The molecule has 2 nitrogen and oxygen atoms in total. The first-order valence-electron chi connectivity index (χ1n) is 4.33. The van der Waals surface area contributed by atoms with Gasteiger partial charge in [0.25, 0.3) is 0 Å². The number of hydrogen-bond donors (Lipinski definition) is 2. The van der Waals surface area contributed by atoms with E-state index >= 15 is 0 Å². The van der Waals surface area contributed by atoms with Crippen LogP contribution >= 0.6 is 0 Å². The number of nitrogens with one attached hydrogen (secondary N) is 1. The Morgan fingerprint density at radius 2 is 2.00 bits per heavy atom. The molecule has 0 fully saturated rings. The Hall–Kier alpha value is -0.970. The fourth-order valence-electron chi connectivity index (χ4n) is 1.21. The molecule has 1 heterocycles. The maximum atomic E-state index is 12.3. The van der Waals surface area contributed by atoms with E-state index < -0.39 is 18.0 Å². The highest BCUT2D eigenvalue weighted by molar-refractivity contribution is 5.32. The summed E-state index contributed by atoms with van der Waals surface area (Å²) in [7, 11) is 0. The summed E-state index contributed by atoms with van der Waals surface area (Å²) in [4.78, 5) is 0. The fraction of sp³-hybridized carbons (Fsp3) is 0.556. The summed E-state index contributed by atoms with van der Waals surface area (Å²) in [6, 6.07) is 0. The third-order valence-electron chi connectivity index (χ3n) is 1.98. The van der Waals surface area contributed by atoms with E-state index in [9.17, 15) is 13.2 Å². The predicted octanol–water partition coefficient (Wildman–Crippen LogP) is 1.90. The van der Waals surface area contributed by atoms with Crippen molar-refractivity contribution in [2.45, 2.75) is 26.2 Å². The second-order valence-electron chi connectivity index (χ2n) is 3.55. The van der Waals surface area contributed by atoms with E-state index in [1.165, 1.54) is 0 Å². The van der Waals surface area contributed by atoms with Gasteiger partial charge in [-0.25, -0.2) is 0 Å². The van der Waals surface area contributed by atoms with Gasteiger partial charge in [-0.15, -0.1) is 0 Å². The first-order chi connectivity index (χ1) is 6.30. The summed E-state index contributed by atoms with van der Waals surface area (Å²) in [5, 5.41) is 2.18. The van der Waals surface area contributed by atoms with Gasteiger partial charge in [0.2, 0.25) is 0 Å². The van der Waals surface area contributed by atoms with Crippen LogP contribution < -0.4 is 11.1 Å². The largest absolute Gasteiger partial charge is 0.430 e. The van der Waals surface area contributed by atoms with E-state index in [0.717, 1.165) is 6.08 Å². The van der Waals surface area contributed by atoms with E-state index in [-0.39, 0.29) is 5.92 Å². The Labute approximate surface area is 80.7 Å². The van der Waals surface area contributed by atoms with Gasteiger partial charge in [0.15, 0.2) is 0 Å². The maximum Gasteiger partial charge on any atom is 0.430 e. The molecule has 1 aliphatic rings. The minimum atomic E-state index is -4.36. The lowest BCUT2D eigenvalue weighted by Crippen LogP contribution is -2.42. The van der Waals surface area contributed by atoms with Gasteiger partial charge in [-0.2, -0.15) is 13.2 Å². The number of rotatable bonds is 1. The van der Waals surface area contributed by atoms with Crippen molar-refractivity contribution < 1.29 is 13.2 Å². The van der Waals surface area contributed by atoms with Crippen LogP contribution in [-0.4, -0.2) is 12.3 Å². The van der Waals surface area contributed by atoms with Gasteiger partial charge in [0.05, 0.1) is 6.17 Å². The van der Waals surface area contributed by atoms with Crippen molar-refractivity contribution >= 4 is 0 Å². The zero-order chi connectivity index (χ0) is 10.9. The zero-order valence-corrected chi connectivity index (χ0v) is 8.02. The molecule has 0 spiro atoms. The van der Waals surface area contributed by atoms with Crippen molar-refractivity contribution in [3.63, 3.8) is 0 Å². The van der Waals surface area contributed by atoms with Crippen molar-refractivity contribution in [2.24, 2.45) is 11.7 Å². The zero-order valence-electron chi connectivity index (χ0n) is 8.02. The molecular weight excluding hydrogens is 193 g/mol. The van der Waals surface area contributed by atoms with E-state index in [4.69, 9.17) is 5.73 Å². The number of alkyl halides is 3. The van der Waals surface area contributed by atoms with Gasteiger partial charge in [-0.05, 0) is 23.6 Å². The summed E-state index contributed by atoms with van der Waals surface area (Å²) >= 11 is 0. The van der Waals surface area contributed by atoms with Crippen LogP contribution in [0.5, 0.6) is 0 Å². The highest BCUT2D eigenvalue weighted by atomic mass is 19.4. The molecule has 0 bridgehead atoms. The molecule has 0 aliphatic carbocycles. The molecule has 0 radical (unpaired) electrons. The lowest BCUT2D eigenvalue weighted by atomic mass is 9.98. The Balaban J connectivity index is 2.95. The van der Waals surface area contributed by atoms with Gasteiger partial charge >= 0.3 is 6.18 Å². The lowest BCUT2D eigenvalue weighted by molar-refractivity contribution is -0.0976. The van der Waals surface area contributed by atoms with Crippen molar-refractivity contribution in [3.8, 4) is 0 Å². The van der Waals surface area contributed by atoms with E-state index in [1.807, 2.05) is 13.8 Å². The normalized spacial score (nSPS) is 22.9. The quantitative estimate of drug-likeness (QED) is 0.687. The lowest BCUT2D eigenvalue weighted by Gasteiger charge is -2.24. The topological polar surface area (TPSA) is 38.0 Å². The summed E-state index contributed by atoms with van der Waals surface area (Å²) in [5.74, 6) is 0.0421. The smallest absolute Gasteiger partial charge is 0.363 e. The summed E-state index contributed by atoms with van der Waals surface area (Å²) in [6.45, 7) is 3.66. The average Bonchev–Trinajstić information content (AvgIpc) is 2.01. The Bertz CT molecular complexity index is 276. The van der Waals surface area contributed by atoms with Crippen LogP contribution in [0.4, 0.5) is 13.2 Å². The fourth-order valence-corrected chi connectivity index (χ4v) is 1.21. The minimum absolute atomic E-state index is 0.0421. The molecule has 0 aromatic rings. The van der Waals surface area contributed by atoms with Crippen LogP contribution in [0.15, 0.2) is 23.4 Å². The minimum Gasteiger partial charge on any atom is -0.363 e. The molecule has 0 amide bonds. The van der Waals surface area contributed by atoms with Gasteiger partial charge in [-0.3, -0.25) is 0 Å². The first kappa shape index (κ1) is 11.1. The van der Waals surface area contributed by atoms with Gasteiger partial charge < -0.3 is 11.1 Å². The average molecular weight is 206 g/mol. The molecule has 1 atom stereocenters. The second kappa shape index (κ2) is 3.65. The number of allylic oxidation sites excluding steroid dienone is 3. The maximum absolute atomic E-state index is 12.3. The number of nitrogens with two attached hydrogens (primary N) is 1. The second-order valence-corrected chi connectivity index (χ2v) is 3.55. The Morgan fingerprint density at radius 1 is 1.43 bits per heavy atom. The van der Waals surface area contributed by atoms with Crippen molar-refractivity contribution in [1.82, 2.24) is 5.32 Å². The summed E-state index contributed by atoms with van der Waals surface area (Å²) in [6.07, 6.45) is -2.41. The van der Waals surface area contributed by atoms with Crippen LogP contribution in [0.2, 0.25) is 0 Å². The molecule has 1 rings (SSSR count). The van der Waals surface area contributed by atoms with E-state index in [0.29, 0.717) is 5.57 Å². The van der Waals surface area contributed by atoms with E-state index in [1.54, 1.807) is 6.08 Å². The van der Waals surface area contributed by atoms with E-state index in [2.05, 4.69) is 5.32 Å². The summed E-state index contributed by atoms with van der Waals surface area (Å²) in [5.41, 5.74) is 5.27. The highest BCUT2D eigenvalue weighted by Crippen LogP contribution is 2.28. The van der Waals surface area contributed by atoms with Crippen LogP contribution in [0.1, 0.15) is 13.8 Å². The molecule has 0 saturated heterocycles.